The van der Waals surface area contributed by atoms with Gasteiger partial charge in [0.25, 0.3) is 0 Å². The molecule has 0 amide bonds. The van der Waals surface area contributed by atoms with E-state index in [9.17, 15) is 0 Å². The second-order valence-corrected chi connectivity index (χ2v) is 5.24. The fourth-order valence-corrected chi connectivity index (χ4v) is 3.13. The van der Waals surface area contributed by atoms with Crippen LogP contribution in [0.2, 0.25) is 0 Å². The van der Waals surface area contributed by atoms with Crippen LogP contribution in [0.25, 0.3) is 0 Å². The molecular weight excluding hydrogens is 216 g/mol. The van der Waals surface area contributed by atoms with E-state index >= 15 is 0 Å². The van der Waals surface area contributed by atoms with Gasteiger partial charge in [-0.25, -0.2) is 0 Å². The average molecular weight is 240 g/mol. The molecule has 3 heteroatoms. The maximum Gasteiger partial charge on any atom is 0.0564 e. The van der Waals surface area contributed by atoms with E-state index in [4.69, 9.17) is 5.73 Å². The summed E-state index contributed by atoms with van der Waals surface area (Å²) in [5.74, 6) is 0. The molecule has 0 aliphatic heterocycles. The van der Waals surface area contributed by atoms with Crippen molar-refractivity contribution in [1.29, 1.82) is 0 Å². The molecule has 0 aliphatic carbocycles. The summed E-state index contributed by atoms with van der Waals surface area (Å²) in [5.41, 5.74) is 5.93. The summed E-state index contributed by atoms with van der Waals surface area (Å²) in [6, 6.07) is 4.90. The van der Waals surface area contributed by atoms with Gasteiger partial charge in [0.05, 0.1) is 6.04 Å². The van der Waals surface area contributed by atoms with Crippen molar-refractivity contribution in [2.24, 2.45) is 5.73 Å². The molecule has 1 aromatic heterocycles. The smallest absolute Gasteiger partial charge is 0.0564 e. The Morgan fingerprint density at radius 2 is 2.06 bits per heavy atom. The van der Waals surface area contributed by atoms with Crippen LogP contribution in [0, 0.1) is 0 Å². The lowest BCUT2D eigenvalue weighted by atomic mass is 10.2. The van der Waals surface area contributed by atoms with E-state index in [-0.39, 0.29) is 0 Å². The van der Waals surface area contributed by atoms with E-state index in [0.29, 0.717) is 6.04 Å². The van der Waals surface area contributed by atoms with Gasteiger partial charge in [0.2, 0.25) is 0 Å². The topological polar surface area (TPSA) is 29.3 Å². The first kappa shape index (κ1) is 13.7. The molecule has 0 saturated carbocycles. The predicted octanol–water partition coefficient (Wildman–Crippen LogP) is 3.04. The lowest BCUT2D eigenvalue weighted by Crippen LogP contribution is -2.33. The fraction of sp³-hybridized carbons (Fsp3) is 0.692. The number of thiophene rings is 1. The number of aryl methyl sites for hydroxylation is 1. The zero-order valence-corrected chi connectivity index (χ0v) is 11.5. The van der Waals surface area contributed by atoms with Gasteiger partial charge in [-0.1, -0.05) is 20.8 Å². The lowest BCUT2D eigenvalue weighted by molar-refractivity contribution is 0.216. The van der Waals surface area contributed by atoms with E-state index in [2.05, 4.69) is 37.8 Å². The van der Waals surface area contributed by atoms with Crippen LogP contribution >= 0.6 is 11.3 Å². The Bertz CT molecular complexity index is 296. The molecule has 0 aliphatic rings. The van der Waals surface area contributed by atoms with E-state index in [1.807, 2.05) is 11.3 Å². The predicted molar refractivity (Wildman–Crippen MR) is 73.0 cm³/mol. The molecule has 0 bridgehead atoms. The Labute approximate surface area is 103 Å². The Kier molecular flexibility index (Phi) is 6.03. The number of hydrogen-bond acceptors (Lipinski definition) is 3. The molecule has 0 radical (unpaired) electrons. The fourth-order valence-electron chi connectivity index (χ4n) is 2.03. The number of nitrogens with zero attached hydrogens (tertiary/aromatic N) is 1. The Morgan fingerprint density at radius 1 is 1.31 bits per heavy atom. The quantitative estimate of drug-likeness (QED) is 0.794. The first-order valence-corrected chi connectivity index (χ1v) is 7.11. The molecule has 2 nitrogen and oxygen atoms in total. The molecule has 0 saturated heterocycles. The van der Waals surface area contributed by atoms with Gasteiger partial charge in [-0.15, -0.1) is 11.3 Å². The molecule has 0 fully saturated rings. The molecule has 16 heavy (non-hydrogen) atoms. The normalized spacial score (nSPS) is 13.3. The highest BCUT2D eigenvalue weighted by Gasteiger charge is 2.18. The van der Waals surface area contributed by atoms with Crippen LogP contribution in [0.15, 0.2) is 12.1 Å². The summed E-state index contributed by atoms with van der Waals surface area (Å²) >= 11 is 1.91. The minimum atomic E-state index is 0.412. The number of likely N-dealkylation sites (N-methyl/N-ethyl adjacent to an activating group) is 1. The maximum atomic E-state index is 5.93. The molecule has 92 valence electrons. The van der Waals surface area contributed by atoms with E-state index in [1.54, 1.807) is 0 Å². The standard InChI is InChI=1S/C13H24N2S/c1-4-9-15(6-3)12(10-14)13-8-7-11(5-2)16-13/h7-8,12H,4-6,9-10,14H2,1-3H3. The summed E-state index contributed by atoms with van der Waals surface area (Å²) < 4.78 is 0. The average Bonchev–Trinajstić information content (AvgIpc) is 2.77. The highest BCUT2D eigenvalue weighted by Crippen LogP contribution is 2.27. The minimum Gasteiger partial charge on any atom is -0.329 e. The summed E-state index contributed by atoms with van der Waals surface area (Å²) in [5, 5.41) is 0. The van der Waals surface area contributed by atoms with Gasteiger partial charge in [-0.3, -0.25) is 4.90 Å². The van der Waals surface area contributed by atoms with Crippen molar-refractivity contribution in [3.05, 3.63) is 21.9 Å². The molecule has 1 unspecified atom stereocenters. The highest BCUT2D eigenvalue weighted by atomic mass is 32.1. The first-order chi connectivity index (χ1) is 7.76. The maximum absolute atomic E-state index is 5.93. The lowest BCUT2D eigenvalue weighted by Gasteiger charge is -2.28. The van der Waals surface area contributed by atoms with E-state index in [1.165, 1.54) is 16.2 Å². The Hall–Kier alpha value is -0.380. The van der Waals surface area contributed by atoms with Crippen LogP contribution in [0.5, 0.6) is 0 Å². The number of nitrogens with two attached hydrogens (primary N) is 1. The van der Waals surface area contributed by atoms with Crippen LogP contribution in [0.1, 0.15) is 43.0 Å². The van der Waals surface area contributed by atoms with Gasteiger partial charge in [-0.05, 0) is 38.1 Å². The number of hydrogen-bond donors (Lipinski definition) is 1. The van der Waals surface area contributed by atoms with Crippen LogP contribution < -0.4 is 5.73 Å². The van der Waals surface area contributed by atoms with E-state index in [0.717, 1.165) is 26.1 Å². The van der Waals surface area contributed by atoms with Crippen LogP contribution in [-0.2, 0) is 6.42 Å². The highest BCUT2D eigenvalue weighted by molar-refractivity contribution is 7.12. The van der Waals surface area contributed by atoms with Crippen molar-refractivity contribution >= 4 is 11.3 Å². The molecule has 2 N–H and O–H groups in total. The zero-order chi connectivity index (χ0) is 12.0. The Morgan fingerprint density at radius 3 is 2.50 bits per heavy atom. The minimum absolute atomic E-state index is 0.412. The van der Waals surface area contributed by atoms with Crippen molar-refractivity contribution in [3.63, 3.8) is 0 Å². The van der Waals surface area contributed by atoms with Crippen molar-refractivity contribution in [3.8, 4) is 0 Å². The van der Waals surface area contributed by atoms with Gasteiger partial charge in [0, 0.05) is 16.3 Å². The van der Waals surface area contributed by atoms with Gasteiger partial charge < -0.3 is 5.73 Å². The van der Waals surface area contributed by atoms with Crippen molar-refractivity contribution < 1.29 is 0 Å². The molecule has 1 rings (SSSR count). The SMILES string of the molecule is CCCN(CC)C(CN)c1ccc(CC)s1. The van der Waals surface area contributed by atoms with Crippen LogP contribution in [-0.4, -0.2) is 24.5 Å². The molecule has 1 aromatic rings. The molecular formula is C13H24N2S. The second-order valence-electron chi connectivity index (χ2n) is 4.04. The molecule has 1 atom stereocenters. The second kappa shape index (κ2) is 7.05. The third-order valence-electron chi connectivity index (χ3n) is 2.94. The summed E-state index contributed by atoms with van der Waals surface area (Å²) in [7, 11) is 0. The largest absolute Gasteiger partial charge is 0.329 e. The third-order valence-corrected chi connectivity index (χ3v) is 4.27. The summed E-state index contributed by atoms with van der Waals surface area (Å²) in [6.07, 6.45) is 2.32. The summed E-state index contributed by atoms with van der Waals surface area (Å²) in [6.45, 7) is 9.58. The summed E-state index contributed by atoms with van der Waals surface area (Å²) in [4.78, 5) is 5.36. The van der Waals surface area contributed by atoms with Crippen molar-refractivity contribution in [2.45, 2.75) is 39.7 Å². The van der Waals surface area contributed by atoms with Gasteiger partial charge in [-0.2, -0.15) is 0 Å². The van der Waals surface area contributed by atoms with Crippen LogP contribution in [0.3, 0.4) is 0 Å². The molecule has 0 spiro atoms. The third kappa shape index (κ3) is 3.30. The number of rotatable bonds is 7. The molecule has 1 heterocycles. The zero-order valence-electron chi connectivity index (χ0n) is 10.7. The van der Waals surface area contributed by atoms with Gasteiger partial charge >= 0.3 is 0 Å². The van der Waals surface area contributed by atoms with Crippen molar-refractivity contribution in [2.75, 3.05) is 19.6 Å². The van der Waals surface area contributed by atoms with Gasteiger partial charge in [0.1, 0.15) is 0 Å². The molecule has 0 aromatic carbocycles. The Balaban J connectivity index is 2.78. The van der Waals surface area contributed by atoms with E-state index < -0.39 is 0 Å². The monoisotopic (exact) mass is 240 g/mol. The first-order valence-electron chi connectivity index (χ1n) is 6.29. The van der Waals surface area contributed by atoms with Crippen LogP contribution in [0.4, 0.5) is 0 Å². The van der Waals surface area contributed by atoms with Gasteiger partial charge in [0.15, 0.2) is 0 Å². The van der Waals surface area contributed by atoms with Crippen molar-refractivity contribution in [1.82, 2.24) is 4.90 Å².